The number of hydrogen-bond donors (Lipinski definition) is 1. The van der Waals surface area contributed by atoms with Crippen LogP contribution in [0.3, 0.4) is 0 Å². The van der Waals surface area contributed by atoms with Gasteiger partial charge in [0.05, 0.1) is 30.3 Å². The molecule has 1 atom stereocenters. The van der Waals surface area contributed by atoms with Gasteiger partial charge in [0.25, 0.3) is 5.91 Å². The summed E-state index contributed by atoms with van der Waals surface area (Å²) < 4.78 is 4.96. The van der Waals surface area contributed by atoms with Crippen LogP contribution in [0.1, 0.15) is 94.8 Å². The number of ether oxygens (including phenoxy) is 1. The Bertz CT molecular complexity index is 702. The first-order chi connectivity index (χ1) is 15.1. The first-order valence-corrected chi connectivity index (χ1v) is 12.0. The monoisotopic (exact) mass is 430 g/mol. The smallest absolute Gasteiger partial charge is 0.338 e. The van der Waals surface area contributed by atoms with E-state index < -0.39 is 12.0 Å². The molecule has 1 aromatic rings. The second kappa shape index (κ2) is 14.0. The number of nitrogens with one attached hydrogen (secondary N) is 1. The zero-order chi connectivity index (χ0) is 22.5. The lowest BCUT2D eigenvalue weighted by molar-refractivity contribution is -0.121. The Kier molecular flexibility index (Phi) is 11.3. The van der Waals surface area contributed by atoms with Gasteiger partial charge in [-0.15, -0.1) is 0 Å². The van der Waals surface area contributed by atoms with Crippen molar-refractivity contribution in [2.24, 2.45) is 0 Å². The average Bonchev–Trinajstić information content (AvgIpc) is 3.05. The lowest BCUT2D eigenvalue weighted by Crippen LogP contribution is -2.39. The molecule has 0 saturated carbocycles. The van der Waals surface area contributed by atoms with Gasteiger partial charge in [0, 0.05) is 0 Å². The minimum atomic E-state index is -0.462. The van der Waals surface area contributed by atoms with Crippen LogP contribution in [0.2, 0.25) is 0 Å². The van der Waals surface area contributed by atoms with Crippen molar-refractivity contribution in [2.75, 3.05) is 18.1 Å². The molecule has 1 aliphatic rings. The predicted molar refractivity (Wildman–Crippen MR) is 123 cm³/mol. The molecule has 1 aliphatic heterocycles. The van der Waals surface area contributed by atoms with Crippen LogP contribution >= 0.6 is 0 Å². The van der Waals surface area contributed by atoms with Crippen molar-refractivity contribution >= 4 is 23.5 Å². The Labute approximate surface area is 186 Å². The largest absolute Gasteiger partial charge is 0.462 e. The van der Waals surface area contributed by atoms with E-state index in [4.69, 9.17) is 4.74 Å². The molecule has 1 aromatic carbocycles. The Morgan fingerprint density at radius 2 is 1.52 bits per heavy atom. The van der Waals surface area contributed by atoms with Crippen LogP contribution in [-0.4, -0.2) is 37.0 Å². The summed E-state index contributed by atoms with van der Waals surface area (Å²) in [5.41, 5.74) is 0.895. The molecule has 0 aromatic heterocycles. The third-order valence-corrected chi connectivity index (χ3v) is 5.70. The maximum atomic E-state index is 12.7. The van der Waals surface area contributed by atoms with Crippen molar-refractivity contribution in [3.63, 3.8) is 0 Å². The Morgan fingerprint density at radius 3 is 2.10 bits per heavy atom. The number of benzene rings is 1. The van der Waals surface area contributed by atoms with Gasteiger partial charge in [-0.3, -0.25) is 9.59 Å². The number of hydrogen-bond acceptors (Lipinski definition) is 5. The Hall–Kier alpha value is -2.21. The summed E-state index contributed by atoms with van der Waals surface area (Å²) >= 11 is 0. The molecule has 1 N–H and O–H groups in total. The highest BCUT2D eigenvalue weighted by atomic mass is 16.5. The molecule has 6 nitrogen and oxygen atoms in total. The molecule has 1 heterocycles. The molecule has 6 heteroatoms. The number of imide groups is 1. The van der Waals surface area contributed by atoms with Crippen LogP contribution in [0.5, 0.6) is 0 Å². The van der Waals surface area contributed by atoms with E-state index >= 15 is 0 Å². The number of nitrogens with zero attached hydrogens (tertiary/aromatic N) is 1. The van der Waals surface area contributed by atoms with Gasteiger partial charge < -0.3 is 10.1 Å². The highest BCUT2D eigenvalue weighted by Crippen LogP contribution is 2.23. The van der Waals surface area contributed by atoms with Crippen LogP contribution in [0.25, 0.3) is 0 Å². The third kappa shape index (κ3) is 8.09. The van der Waals surface area contributed by atoms with Gasteiger partial charge in [0.1, 0.15) is 0 Å². The van der Waals surface area contributed by atoms with Gasteiger partial charge in [-0.1, -0.05) is 64.7 Å². The summed E-state index contributed by atoms with van der Waals surface area (Å²) in [5.74, 6) is -0.848. The number of rotatable bonds is 15. The second-order valence-corrected chi connectivity index (χ2v) is 8.23. The van der Waals surface area contributed by atoms with Gasteiger partial charge in [0.15, 0.2) is 0 Å². The molecule has 0 bridgehead atoms. The molecular weight excluding hydrogens is 392 g/mol. The van der Waals surface area contributed by atoms with Crippen LogP contribution in [-0.2, 0) is 14.3 Å². The average molecular weight is 431 g/mol. The quantitative estimate of drug-likeness (QED) is 0.241. The summed E-state index contributed by atoms with van der Waals surface area (Å²) in [7, 11) is 0. The first-order valence-electron chi connectivity index (χ1n) is 12.0. The van der Waals surface area contributed by atoms with E-state index in [9.17, 15) is 14.4 Å². The molecule has 2 rings (SSSR count). The second-order valence-electron chi connectivity index (χ2n) is 8.23. The lowest BCUT2D eigenvalue weighted by Gasteiger charge is -2.16. The molecule has 31 heavy (non-hydrogen) atoms. The van der Waals surface area contributed by atoms with E-state index in [1.807, 2.05) is 0 Å². The number of anilines is 1. The maximum absolute atomic E-state index is 12.7. The summed E-state index contributed by atoms with van der Waals surface area (Å²) in [4.78, 5) is 38.1. The van der Waals surface area contributed by atoms with Gasteiger partial charge in [-0.05, 0) is 44.2 Å². The normalized spacial score (nSPS) is 16.2. The van der Waals surface area contributed by atoms with Crippen molar-refractivity contribution in [2.45, 2.75) is 90.5 Å². The highest BCUT2D eigenvalue weighted by Gasteiger charge is 2.39. The maximum Gasteiger partial charge on any atom is 0.338 e. The third-order valence-electron chi connectivity index (χ3n) is 5.70. The van der Waals surface area contributed by atoms with Crippen LogP contribution in [0, 0.1) is 0 Å². The first kappa shape index (κ1) is 25.1. The van der Waals surface area contributed by atoms with Crippen LogP contribution in [0.15, 0.2) is 24.3 Å². The molecular formula is C25H38N2O4. The fourth-order valence-corrected chi connectivity index (χ4v) is 3.91. The van der Waals surface area contributed by atoms with Gasteiger partial charge in [-0.25, -0.2) is 9.69 Å². The van der Waals surface area contributed by atoms with Crippen molar-refractivity contribution in [3.05, 3.63) is 29.8 Å². The summed E-state index contributed by atoms with van der Waals surface area (Å²) in [6.45, 7) is 5.04. The van der Waals surface area contributed by atoms with Gasteiger partial charge in [-0.2, -0.15) is 0 Å². The van der Waals surface area contributed by atoms with Gasteiger partial charge >= 0.3 is 5.97 Å². The Balaban J connectivity index is 1.67. The SMILES string of the molecule is CCCCCCCCCCCCNC1CC(=O)N(c2ccc(C(=O)OCC)cc2)C1=O. The number of amides is 2. The summed E-state index contributed by atoms with van der Waals surface area (Å²) in [6, 6.07) is 5.94. The molecule has 1 saturated heterocycles. The molecule has 0 radical (unpaired) electrons. The summed E-state index contributed by atoms with van der Waals surface area (Å²) in [6.07, 6.45) is 12.9. The Morgan fingerprint density at radius 1 is 0.935 bits per heavy atom. The number of esters is 1. The summed E-state index contributed by atoms with van der Waals surface area (Å²) in [5, 5.41) is 3.25. The van der Waals surface area contributed by atoms with E-state index in [2.05, 4.69) is 12.2 Å². The van der Waals surface area contributed by atoms with E-state index in [1.165, 1.54) is 56.3 Å². The fraction of sp³-hybridized carbons (Fsp3) is 0.640. The van der Waals surface area contributed by atoms with E-state index in [0.717, 1.165) is 19.4 Å². The molecule has 0 spiro atoms. The number of carbonyl (C=O) groups excluding carboxylic acids is 3. The van der Waals surface area contributed by atoms with Crippen molar-refractivity contribution in [1.82, 2.24) is 5.32 Å². The fourth-order valence-electron chi connectivity index (χ4n) is 3.91. The number of unbranched alkanes of at least 4 members (excludes halogenated alkanes) is 9. The van der Waals surface area contributed by atoms with Crippen LogP contribution in [0.4, 0.5) is 5.69 Å². The van der Waals surface area contributed by atoms with Crippen molar-refractivity contribution in [3.8, 4) is 0 Å². The molecule has 172 valence electrons. The predicted octanol–water partition coefficient (Wildman–Crippen LogP) is 5.01. The van der Waals surface area contributed by atoms with E-state index in [-0.39, 0.29) is 18.2 Å². The van der Waals surface area contributed by atoms with E-state index in [0.29, 0.717) is 17.9 Å². The van der Waals surface area contributed by atoms with Gasteiger partial charge in [0.2, 0.25) is 5.91 Å². The minimum absolute atomic E-state index is 0.177. The number of carbonyl (C=O) groups is 3. The van der Waals surface area contributed by atoms with Crippen LogP contribution < -0.4 is 10.2 Å². The zero-order valence-electron chi connectivity index (χ0n) is 19.2. The minimum Gasteiger partial charge on any atom is -0.462 e. The van der Waals surface area contributed by atoms with E-state index in [1.54, 1.807) is 31.2 Å². The highest BCUT2D eigenvalue weighted by molar-refractivity contribution is 6.22. The van der Waals surface area contributed by atoms with Crippen molar-refractivity contribution < 1.29 is 19.1 Å². The topological polar surface area (TPSA) is 75.7 Å². The molecule has 1 fully saturated rings. The van der Waals surface area contributed by atoms with Crippen molar-refractivity contribution in [1.29, 1.82) is 0 Å². The lowest BCUT2D eigenvalue weighted by atomic mass is 10.1. The molecule has 1 unspecified atom stereocenters. The molecule has 0 aliphatic carbocycles. The standard InChI is InChI=1S/C25H38N2O4/c1-3-5-6-7-8-9-10-11-12-13-18-26-22-19-23(28)27(24(22)29)21-16-14-20(15-17-21)25(30)31-4-2/h14-17,22,26H,3-13,18-19H2,1-2H3. The molecule has 2 amide bonds. The zero-order valence-corrected chi connectivity index (χ0v) is 19.2.